The molecule has 2 aromatic carbocycles. The molecule has 4 rings (SSSR count). The maximum Gasteiger partial charge on any atom is 0.416 e. The zero-order chi connectivity index (χ0) is 33.5. The number of rotatable bonds is 4. The van der Waals surface area contributed by atoms with E-state index in [9.17, 15) is 50.2 Å². The van der Waals surface area contributed by atoms with Crippen molar-refractivity contribution in [2.45, 2.75) is 49.6 Å². The number of carbonyl (C=O) groups is 3. The lowest BCUT2D eigenvalue weighted by atomic mass is 9.90. The molecule has 246 valence electrons. The van der Waals surface area contributed by atoms with Crippen LogP contribution >= 0.6 is 0 Å². The summed E-state index contributed by atoms with van der Waals surface area (Å²) in [4.78, 5) is 42.5. The smallest absolute Gasteiger partial charge is 0.416 e. The molecule has 16 heteroatoms. The van der Waals surface area contributed by atoms with E-state index in [0.717, 1.165) is 16.8 Å². The Hall–Kier alpha value is -4.24. The molecule has 45 heavy (non-hydrogen) atoms. The second kappa shape index (κ2) is 12.3. The normalized spacial score (nSPS) is 20.1. The molecule has 2 atom stereocenters. The van der Waals surface area contributed by atoms with Crippen molar-refractivity contribution < 1.29 is 50.2 Å². The Morgan fingerprint density at radius 1 is 0.889 bits per heavy atom. The van der Waals surface area contributed by atoms with Gasteiger partial charge < -0.3 is 29.9 Å². The minimum absolute atomic E-state index is 0.0353. The lowest BCUT2D eigenvalue weighted by molar-refractivity contribution is -0.266. The number of nitrogens with one attached hydrogen (secondary N) is 1. The lowest BCUT2D eigenvalue weighted by Gasteiger charge is -2.41. The van der Waals surface area contributed by atoms with Gasteiger partial charge in [0.05, 0.1) is 17.2 Å². The summed E-state index contributed by atoms with van der Waals surface area (Å²) in [6.07, 6.45) is -10.9. The van der Waals surface area contributed by atoms with Gasteiger partial charge in [-0.2, -0.15) is 26.3 Å². The minimum Gasteiger partial charge on any atom is -0.530 e. The van der Waals surface area contributed by atoms with Crippen LogP contribution in [-0.4, -0.2) is 84.7 Å². The van der Waals surface area contributed by atoms with E-state index in [1.54, 1.807) is 6.92 Å². The first-order chi connectivity index (χ1) is 20.8. The lowest BCUT2D eigenvalue weighted by Crippen LogP contribution is -2.58. The molecule has 2 aliphatic rings. The predicted molar refractivity (Wildman–Crippen MR) is 146 cm³/mol. The van der Waals surface area contributed by atoms with E-state index >= 15 is 0 Å². The van der Waals surface area contributed by atoms with Crippen LogP contribution in [0.4, 0.5) is 50.8 Å². The van der Waals surface area contributed by atoms with Gasteiger partial charge in [0.15, 0.2) is 0 Å². The van der Waals surface area contributed by atoms with E-state index in [4.69, 9.17) is 0 Å². The number of anilines is 1. The molecule has 9 nitrogen and oxygen atoms in total. The largest absolute Gasteiger partial charge is 0.530 e. The van der Waals surface area contributed by atoms with Crippen molar-refractivity contribution in [1.82, 2.24) is 20.0 Å². The van der Waals surface area contributed by atoms with Gasteiger partial charge in [0.1, 0.15) is 11.9 Å². The van der Waals surface area contributed by atoms with Crippen molar-refractivity contribution in [1.29, 1.82) is 0 Å². The highest BCUT2D eigenvalue weighted by Crippen LogP contribution is 2.39. The molecule has 2 heterocycles. The molecule has 2 aliphatic heterocycles. The van der Waals surface area contributed by atoms with Crippen molar-refractivity contribution in [3.05, 3.63) is 65.0 Å². The van der Waals surface area contributed by atoms with Crippen LogP contribution < -0.4 is 15.3 Å². The van der Waals surface area contributed by atoms with E-state index in [1.807, 2.05) is 0 Å². The second-order valence-corrected chi connectivity index (χ2v) is 11.6. The summed E-state index contributed by atoms with van der Waals surface area (Å²) >= 11 is 0. The van der Waals surface area contributed by atoms with E-state index in [2.05, 4.69) is 5.32 Å². The van der Waals surface area contributed by atoms with E-state index in [-0.39, 0.29) is 32.2 Å². The van der Waals surface area contributed by atoms with Crippen molar-refractivity contribution in [3.8, 4) is 0 Å². The second-order valence-electron chi connectivity index (χ2n) is 11.6. The summed E-state index contributed by atoms with van der Waals surface area (Å²) in [5.74, 6) is -1.13. The molecule has 0 bridgehead atoms. The number of carboxylic acid groups (broad SMARTS) is 1. The number of hydrogen-bond donors (Lipinski definition) is 1. The number of likely N-dealkylation sites (tertiary alicyclic amines) is 2. The highest BCUT2D eigenvalue weighted by atomic mass is 19.4. The van der Waals surface area contributed by atoms with Crippen LogP contribution in [0.2, 0.25) is 0 Å². The van der Waals surface area contributed by atoms with Gasteiger partial charge in [-0.05, 0) is 55.7 Å². The number of piperidine rings is 1. The number of benzene rings is 2. The Labute approximate surface area is 254 Å². The quantitative estimate of drug-likeness (QED) is 0.486. The summed E-state index contributed by atoms with van der Waals surface area (Å²) in [7, 11) is 2.36. The van der Waals surface area contributed by atoms with Crippen LogP contribution in [0.25, 0.3) is 0 Å². The molecular weight excluding hydrogens is 615 g/mol. The van der Waals surface area contributed by atoms with Crippen molar-refractivity contribution >= 4 is 23.8 Å². The summed E-state index contributed by atoms with van der Waals surface area (Å²) in [6, 6.07) is 3.90. The van der Waals surface area contributed by atoms with E-state index in [1.165, 1.54) is 36.2 Å². The Bertz CT molecular complexity index is 1390. The maximum absolute atomic E-state index is 13.7. The van der Waals surface area contributed by atoms with Crippen molar-refractivity contribution in [3.63, 3.8) is 0 Å². The maximum atomic E-state index is 13.7. The fourth-order valence-electron chi connectivity index (χ4n) is 5.65. The summed E-state index contributed by atoms with van der Waals surface area (Å²) < 4.78 is 94.5. The first-order valence-corrected chi connectivity index (χ1v) is 13.9. The number of urea groups is 2. The highest BCUT2D eigenvalue weighted by molar-refractivity contribution is 5.92. The molecule has 5 amide bonds. The van der Waals surface area contributed by atoms with Crippen LogP contribution in [0.5, 0.6) is 0 Å². The van der Waals surface area contributed by atoms with Crippen molar-refractivity contribution in [2.24, 2.45) is 0 Å². The molecule has 0 aliphatic carbocycles. The minimum atomic E-state index is -5.11. The summed E-state index contributed by atoms with van der Waals surface area (Å²) in [5, 5.41) is 14.1. The molecule has 0 unspecified atom stereocenters. The van der Waals surface area contributed by atoms with Gasteiger partial charge in [-0.25, -0.2) is 14.0 Å². The van der Waals surface area contributed by atoms with Gasteiger partial charge in [0.2, 0.25) is 0 Å². The molecule has 2 fully saturated rings. The number of amides is 5. The van der Waals surface area contributed by atoms with Crippen LogP contribution in [-0.2, 0) is 12.4 Å². The number of hydrogen-bond acceptors (Lipinski definition) is 4. The number of carbonyl (C=O) groups excluding carboxylic acids is 3. The third kappa shape index (κ3) is 7.53. The fraction of sp³-hybridized carbons (Fsp3) is 0.483. The molecule has 1 N–H and O–H groups in total. The van der Waals surface area contributed by atoms with E-state index in [0.29, 0.717) is 35.4 Å². The fourth-order valence-corrected chi connectivity index (χ4v) is 5.65. The Balaban J connectivity index is 1.59. The predicted octanol–water partition coefficient (Wildman–Crippen LogP) is 4.73. The molecule has 0 spiro atoms. The number of likely N-dealkylation sites (N-methyl/N-ethyl adjacent to an activating group) is 1. The number of nitrogens with zero attached hydrogens (tertiary/aromatic N) is 4. The molecule has 2 aromatic rings. The number of halogens is 7. The molecule has 0 aromatic heterocycles. The van der Waals surface area contributed by atoms with Gasteiger partial charge in [0, 0.05) is 57.4 Å². The van der Waals surface area contributed by atoms with Gasteiger partial charge in [0.25, 0.3) is 0 Å². The molecule has 0 saturated carbocycles. The zero-order valence-corrected chi connectivity index (χ0v) is 24.5. The average molecular weight is 647 g/mol. The molecular formula is C29H31F7N5O4-. The van der Waals surface area contributed by atoms with Crippen molar-refractivity contribution in [2.75, 3.05) is 45.2 Å². The third-order valence-corrected chi connectivity index (χ3v) is 8.45. The van der Waals surface area contributed by atoms with Gasteiger partial charge in [-0.1, -0.05) is 12.1 Å². The van der Waals surface area contributed by atoms with Crippen LogP contribution in [0.15, 0.2) is 42.5 Å². The highest BCUT2D eigenvalue weighted by Gasteiger charge is 2.43. The first kappa shape index (κ1) is 33.6. The third-order valence-electron chi connectivity index (χ3n) is 8.45. The van der Waals surface area contributed by atoms with Crippen LogP contribution in [0.3, 0.4) is 0 Å². The first-order valence-electron chi connectivity index (χ1n) is 13.9. The standard InChI is InChI=1S/C29H32F7N5O4/c1-27(8-10-40(11-9-27)26(44)45)37-24(42)41-15-22(17-4-6-20(30)7-5-17)23(16-41)39(3)25(43)38(2)21-13-18(28(31,32)33)12-19(14-21)29(34,35)36/h4-7,12-14,22-23H,8-11,15-16H2,1-3H3,(H,37,42)(H,44,45)/p-1/t22-,23+/m0/s1. The molecule has 2 saturated heterocycles. The summed E-state index contributed by atoms with van der Waals surface area (Å²) in [5.41, 5.74) is -4.02. The van der Waals surface area contributed by atoms with Crippen LogP contribution in [0.1, 0.15) is 42.4 Å². The molecule has 0 radical (unpaired) electrons. The average Bonchev–Trinajstić information content (AvgIpc) is 3.41. The topological polar surface area (TPSA) is 99.3 Å². The SMILES string of the molecule is CN(C(=O)N(C)[C@@H]1CN(C(=O)NC2(C)CCN(C(=O)[O-])CC2)C[C@H]1c1ccc(F)cc1)c1cc(C(F)(F)F)cc(C(F)(F)F)c1. The van der Waals surface area contributed by atoms with Gasteiger partial charge in [-0.15, -0.1) is 0 Å². The number of alkyl halides is 6. The zero-order valence-electron chi connectivity index (χ0n) is 24.5. The monoisotopic (exact) mass is 646 g/mol. The van der Waals surface area contributed by atoms with E-state index < -0.39 is 70.6 Å². The van der Waals surface area contributed by atoms with Crippen LogP contribution in [0, 0.1) is 5.82 Å². The van der Waals surface area contributed by atoms with Gasteiger partial charge >= 0.3 is 24.4 Å². The Morgan fingerprint density at radius 2 is 1.42 bits per heavy atom. The summed E-state index contributed by atoms with van der Waals surface area (Å²) in [6.45, 7) is 2.04. The van der Waals surface area contributed by atoms with Gasteiger partial charge in [-0.3, -0.25) is 4.90 Å². The Morgan fingerprint density at radius 3 is 1.91 bits per heavy atom. The Kier molecular flexibility index (Phi) is 9.18.